The number of nitrogens with one attached hydrogen (secondary N) is 1. The predicted octanol–water partition coefficient (Wildman–Crippen LogP) is -0.0775. The van der Waals surface area contributed by atoms with E-state index >= 15 is 0 Å². The summed E-state index contributed by atoms with van der Waals surface area (Å²) in [6.07, 6.45) is 4.44. The number of hydrogen-bond donors (Lipinski definition) is 2. The van der Waals surface area contributed by atoms with Crippen molar-refractivity contribution in [2.45, 2.75) is 13.5 Å². The number of aryl methyl sites for hydroxylation is 1. The summed E-state index contributed by atoms with van der Waals surface area (Å²) in [6, 6.07) is 0. The lowest BCUT2D eigenvalue weighted by atomic mass is 10.3. The molecule has 0 saturated carbocycles. The molecule has 0 spiro atoms. The average Bonchev–Trinajstić information content (AvgIpc) is 2.72. The van der Waals surface area contributed by atoms with E-state index in [1.54, 1.807) is 10.9 Å². The van der Waals surface area contributed by atoms with Gasteiger partial charge >= 0.3 is 0 Å². The molecular formula is C9H11N7O. The summed E-state index contributed by atoms with van der Waals surface area (Å²) in [7, 11) is 0. The van der Waals surface area contributed by atoms with Gasteiger partial charge in [0.05, 0.1) is 18.1 Å². The quantitative estimate of drug-likeness (QED) is 0.767. The van der Waals surface area contributed by atoms with E-state index in [2.05, 4.69) is 25.6 Å². The van der Waals surface area contributed by atoms with E-state index in [-0.39, 0.29) is 11.6 Å². The number of hydrogen-bond acceptors (Lipinski definition) is 6. The van der Waals surface area contributed by atoms with E-state index < -0.39 is 5.91 Å². The fourth-order valence-electron chi connectivity index (χ4n) is 1.24. The van der Waals surface area contributed by atoms with Gasteiger partial charge in [0.1, 0.15) is 0 Å². The Balaban J connectivity index is 2.17. The summed E-state index contributed by atoms with van der Waals surface area (Å²) in [4.78, 5) is 15.6. The number of amides is 1. The molecule has 0 unspecified atom stereocenters. The monoisotopic (exact) mass is 233 g/mol. The van der Waals surface area contributed by atoms with Gasteiger partial charge in [0.15, 0.2) is 5.69 Å². The Kier molecular flexibility index (Phi) is 2.95. The minimum Gasteiger partial charge on any atom is -0.396 e. The van der Waals surface area contributed by atoms with Crippen LogP contribution in [0.15, 0.2) is 18.6 Å². The first-order chi connectivity index (χ1) is 8.20. The van der Waals surface area contributed by atoms with Crippen molar-refractivity contribution in [1.29, 1.82) is 0 Å². The zero-order chi connectivity index (χ0) is 12.3. The van der Waals surface area contributed by atoms with Crippen molar-refractivity contribution in [3.8, 4) is 0 Å². The van der Waals surface area contributed by atoms with E-state index in [9.17, 15) is 4.79 Å². The first-order valence-electron chi connectivity index (χ1n) is 4.98. The zero-order valence-electron chi connectivity index (χ0n) is 9.16. The second-order valence-corrected chi connectivity index (χ2v) is 3.21. The van der Waals surface area contributed by atoms with E-state index in [1.807, 2.05) is 6.92 Å². The van der Waals surface area contributed by atoms with Gasteiger partial charge in [-0.25, -0.2) is 4.98 Å². The van der Waals surface area contributed by atoms with Crippen molar-refractivity contribution >= 4 is 17.5 Å². The lowest BCUT2D eigenvalue weighted by molar-refractivity contribution is 0.102. The zero-order valence-corrected chi connectivity index (χ0v) is 9.16. The molecule has 0 aliphatic carbocycles. The molecule has 0 radical (unpaired) electrons. The third-order valence-corrected chi connectivity index (χ3v) is 2.04. The first-order valence-corrected chi connectivity index (χ1v) is 4.98. The Morgan fingerprint density at radius 2 is 2.35 bits per heavy atom. The highest BCUT2D eigenvalue weighted by Gasteiger charge is 2.15. The summed E-state index contributed by atoms with van der Waals surface area (Å²) in [5.41, 5.74) is 6.14. The molecule has 0 aliphatic heterocycles. The van der Waals surface area contributed by atoms with Gasteiger partial charge in [0, 0.05) is 12.7 Å². The number of anilines is 2. The van der Waals surface area contributed by atoms with Gasteiger partial charge in [-0.15, -0.1) is 5.10 Å². The molecule has 2 aromatic rings. The van der Waals surface area contributed by atoms with Crippen LogP contribution in [0.2, 0.25) is 0 Å². The average molecular weight is 233 g/mol. The Morgan fingerprint density at radius 3 is 2.94 bits per heavy atom. The van der Waals surface area contributed by atoms with Gasteiger partial charge < -0.3 is 5.73 Å². The van der Waals surface area contributed by atoms with Crippen molar-refractivity contribution in [1.82, 2.24) is 25.0 Å². The van der Waals surface area contributed by atoms with E-state index in [4.69, 9.17) is 5.73 Å². The maximum Gasteiger partial charge on any atom is 0.280 e. The molecule has 0 saturated heterocycles. The third kappa shape index (κ3) is 2.36. The van der Waals surface area contributed by atoms with Crippen LogP contribution in [0.1, 0.15) is 17.4 Å². The Labute approximate surface area is 96.9 Å². The Bertz CT molecular complexity index is 521. The largest absolute Gasteiger partial charge is 0.396 e. The van der Waals surface area contributed by atoms with Gasteiger partial charge in [-0.05, 0) is 6.92 Å². The Hall–Kier alpha value is -2.51. The van der Waals surface area contributed by atoms with Gasteiger partial charge in [-0.1, -0.05) is 0 Å². The number of rotatable bonds is 3. The molecule has 17 heavy (non-hydrogen) atoms. The fraction of sp³-hybridized carbons (Fsp3) is 0.222. The Morgan fingerprint density at radius 1 is 1.53 bits per heavy atom. The number of nitrogens with zero attached hydrogens (tertiary/aromatic N) is 5. The second kappa shape index (κ2) is 4.56. The maximum atomic E-state index is 11.8. The van der Waals surface area contributed by atoms with Crippen LogP contribution >= 0.6 is 0 Å². The van der Waals surface area contributed by atoms with Crippen molar-refractivity contribution < 1.29 is 4.79 Å². The van der Waals surface area contributed by atoms with Crippen molar-refractivity contribution in [3.63, 3.8) is 0 Å². The van der Waals surface area contributed by atoms with Crippen LogP contribution in [0.4, 0.5) is 11.6 Å². The standard InChI is InChI=1S/C9H11N7O/c1-2-16-5-6(10)7(15-16)8(17)13-9-11-3-4-12-14-9/h3-5H,2,10H2,1H3,(H,11,13,14,17). The lowest BCUT2D eigenvalue weighted by Crippen LogP contribution is -2.16. The molecule has 88 valence electrons. The van der Waals surface area contributed by atoms with Crippen LogP contribution in [0.25, 0.3) is 0 Å². The molecule has 0 fully saturated rings. The van der Waals surface area contributed by atoms with Crippen LogP contribution in [0.3, 0.4) is 0 Å². The second-order valence-electron chi connectivity index (χ2n) is 3.21. The molecular weight excluding hydrogens is 222 g/mol. The summed E-state index contributed by atoms with van der Waals surface area (Å²) in [5, 5.41) is 13.7. The van der Waals surface area contributed by atoms with E-state index in [0.29, 0.717) is 12.2 Å². The van der Waals surface area contributed by atoms with Crippen LogP contribution in [0.5, 0.6) is 0 Å². The third-order valence-electron chi connectivity index (χ3n) is 2.04. The highest BCUT2D eigenvalue weighted by atomic mass is 16.2. The van der Waals surface area contributed by atoms with Crippen molar-refractivity contribution in [2.75, 3.05) is 11.1 Å². The fourth-order valence-corrected chi connectivity index (χ4v) is 1.24. The van der Waals surface area contributed by atoms with Crippen LogP contribution < -0.4 is 11.1 Å². The molecule has 2 aromatic heterocycles. The van der Waals surface area contributed by atoms with Crippen LogP contribution in [-0.2, 0) is 6.54 Å². The predicted molar refractivity (Wildman–Crippen MR) is 60.1 cm³/mol. The molecule has 1 amide bonds. The smallest absolute Gasteiger partial charge is 0.280 e. The van der Waals surface area contributed by atoms with Crippen molar-refractivity contribution in [2.24, 2.45) is 0 Å². The van der Waals surface area contributed by atoms with Gasteiger partial charge in [0.2, 0.25) is 5.95 Å². The van der Waals surface area contributed by atoms with Crippen LogP contribution in [0, 0.1) is 0 Å². The van der Waals surface area contributed by atoms with Crippen molar-refractivity contribution in [3.05, 3.63) is 24.3 Å². The van der Waals surface area contributed by atoms with Gasteiger partial charge in [-0.2, -0.15) is 10.2 Å². The number of carbonyl (C=O) groups excluding carboxylic acids is 1. The summed E-state index contributed by atoms with van der Waals surface area (Å²) in [6.45, 7) is 2.54. The molecule has 0 aromatic carbocycles. The topological polar surface area (TPSA) is 112 Å². The normalized spacial score (nSPS) is 10.2. The van der Waals surface area contributed by atoms with Crippen LogP contribution in [-0.4, -0.2) is 30.9 Å². The molecule has 2 rings (SSSR count). The highest BCUT2D eigenvalue weighted by Crippen LogP contribution is 2.10. The maximum absolute atomic E-state index is 11.8. The van der Waals surface area contributed by atoms with Gasteiger partial charge in [0.25, 0.3) is 5.91 Å². The molecule has 0 atom stereocenters. The SMILES string of the molecule is CCn1cc(N)c(C(=O)Nc2nccnn2)n1. The molecule has 2 heterocycles. The lowest BCUT2D eigenvalue weighted by Gasteiger charge is -1.99. The number of nitrogens with two attached hydrogens (primary N) is 1. The summed E-state index contributed by atoms with van der Waals surface area (Å²) in [5.74, 6) is -0.342. The molecule has 0 bridgehead atoms. The molecule has 8 heteroatoms. The first kappa shape index (κ1) is 11.0. The highest BCUT2D eigenvalue weighted by molar-refractivity contribution is 6.05. The molecule has 8 nitrogen and oxygen atoms in total. The van der Waals surface area contributed by atoms with Gasteiger partial charge in [-0.3, -0.25) is 14.8 Å². The number of aromatic nitrogens is 5. The molecule has 3 N–H and O–H groups in total. The minimum absolute atomic E-state index is 0.114. The minimum atomic E-state index is -0.456. The van der Waals surface area contributed by atoms with E-state index in [0.717, 1.165) is 0 Å². The summed E-state index contributed by atoms with van der Waals surface area (Å²) >= 11 is 0. The van der Waals surface area contributed by atoms with E-state index in [1.165, 1.54) is 12.4 Å². The number of nitrogen functional groups attached to an aromatic ring is 1. The summed E-state index contributed by atoms with van der Waals surface area (Å²) < 4.78 is 1.58. The molecule has 0 aliphatic rings. The number of carbonyl (C=O) groups is 1.